The van der Waals surface area contributed by atoms with E-state index in [1.807, 2.05) is 25.1 Å². The molecule has 0 unspecified atom stereocenters. The van der Waals surface area contributed by atoms with Gasteiger partial charge in [0, 0.05) is 49.7 Å². The molecule has 2 N–H and O–H groups in total. The quantitative estimate of drug-likeness (QED) is 0.424. The molecule has 2 aromatic heterocycles. The Kier molecular flexibility index (Phi) is 6.32. The van der Waals surface area contributed by atoms with Crippen molar-refractivity contribution < 1.29 is 18.0 Å². The Hall–Kier alpha value is -3.82. The largest absolute Gasteiger partial charge is 0.416 e. The second-order valence-electron chi connectivity index (χ2n) is 8.21. The van der Waals surface area contributed by atoms with Gasteiger partial charge in [-0.15, -0.1) is 0 Å². The van der Waals surface area contributed by atoms with Gasteiger partial charge in [0.15, 0.2) is 0 Å². The minimum atomic E-state index is -4.41. The van der Waals surface area contributed by atoms with Gasteiger partial charge in [0.2, 0.25) is 5.91 Å². The zero-order valence-electron chi connectivity index (χ0n) is 18.7. The number of hydrogen-bond donors (Lipinski definition) is 2. The Balaban J connectivity index is 1.35. The van der Waals surface area contributed by atoms with E-state index in [9.17, 15) is 22.8 Å². The van der Waals surface area contributed by atoms with Crippen LogP contribution >= 0.6 is 0 Å². The van der Waals surface area contributed by atoms with Gasteiger partial charge in [0.1, 0.15) is 11.0 Å². The second-order valence-corrected chi connectivity index (χ2v) is 8.21. The van der Waals surface area contributed by atoms with Crippen LogP contribution in [0.5, 0.6) is 0 Å². The average molecular weight is 471 g/mol. The summed E-state index contributed by atoms with van der Waals surface area (Å²) in [4.78, 5) is 34.4. The van der Waals surface area contributed by atoms with Crippen LogP contribution in [-0.4, -0.2) is 45.5 Å². The number of fused-ring (bicyclic) bond motifs is 3. The molecule has 0 bridgehead atoms. The first-order chi connectivity index (χ1) is 16.1. The molecule has 10 heteroatoms. The van der Waals surface area contributed by atoms with Crippen LogP contribution in [0.15, 0.2) is 53.6 Å². The summed E-state index contributed by atoms with van der Waals surface area (Å²) in [6.07, 6.45) is -2.87. The van der Waals surface area contributed by atoms with E-state index in [0.29, 0.717) is 23.3 Å². The van der Waals surface area contributed by atoms with Crippen molar-refractivity contribution in [2.45, 2.75) is 26.1 Å². The van der Waals surface area contributed by atoms with Gasteiger partial charge in [-0.05, 0) is 37.3 Å². The Bertz CT molecular complexity index is 1410. The number of aromatic amines is 1. The van der Waals surface area contributed by atoms with Crippen molar-refractivity contribution >= 4 is 33.5 Å². The van der Waals surface area contributed by atoms with E-state index in [2.05, 4.69) is 15.3 Å². The van der Waals surface area contributed by atoms with Crippen LogP contribution in [0.3, 0.4) is 0 Å². The number of rotatable bonds is 7. The van der Waals surface area contributed by atoms with Crippen molar-refractivity contribution in [3.8, 4) is 0 Å². The van der Waals surface area contributed by atoms with Crippen molar-refractivity contribution in [3.63, 3.8) is 0 Å². The molecular weight excluding hydrogens is 447 g/mol. The minimum absolute atomic E-state index is 0.0898. The Morgan fingerprint density at radius 1 is 1.21 bits per heavy atom. The van der Waals surface area contributed by atoms with E-state index in [1.165, 1.54) is 27.9 Å². The van der Waals surface area contributed by atoms with Gasteiger partial charge >= 0.3 is 6.18 Å². The number of likely N-dealkylation sites (N-methyl/N-ethyl adjacent to an activating group) is 1. The Morgan fingerprint density at radius 2 is 2.00 bits per heavy atom. The van der Waals surface area contributed by atoms with E-state index in [0.717, 1.165) is 28.6 Å². The number of hydrogen-bond acceptors (Lipinski definition) is 4. The van der Waals surface area contributed by atoms with Crippen LogP contribution in [-0.2, 0) is 17.5 Å². The molecule has 2 aromatic carbocycles. The highest BCUT2D eigenvalue weighted by Crippen LogP contribution is 2.30. The molecule has 0 radical (unpaired) electrons. The van der Waals surface area contributed by atoms with Gasteiger partial charge in [0.05, 0.1) is 11.9 Å². The number of aromatic nitrogens is 3. The number of nitrogens with one attached hydrogen (secondary N) is 2. The van der Waals surface area contributed by atoms with Gasteiger partial charge in [-0.1, -0.05) is 17.7 Å². The van der Waals surface area contributed by atoms with Crippen molar-refractivity contribution in [2.24, 2.45) is 0 Å². The molecule has 34 heavy (non-hydrogen) atoms. The van der Waals surface area contributed by atoms with Gasteiger partial charge in [-0.25, -0.2) is 4.98 Å². The fourth-order valence-corrected chi connectivity index (χ4v) is 3.77. The number of aryl methyl sites for hydroxylation is 2. The third kappa shape index (κ3) is 4.90. The third-order valence-electron chi connectivity index (χ3n) is 5.69. The summed E-state index contributed by atoms with van der Waals surface area (Å²) in [5.41, 5.74) is 2.24. The summed E-state index contributed by atoms with van der Waals surface area (Å²) in [7, 11) is 1.61. The Morgan fingerprint density at radius 3 is 2.76 bits per heavy atom. The topological polar surface area (TPSA) is 83.0 Å². The zero-order chi connectivity index (χ0) is 24.5. The van der Waals surface area contributed by atoms with Crippen molar-refractivity contribution in [3.05, 3.63) is 70.3 Å². The number of benzene rings is 2. The van der Waals surface area contributed by atoms with Gasteiger partial charge in [-0.3, -0.25) is 14.2 Å². The molecule has 4 rings (SSSR count). The van der Waals surface area contributed by atoms with Crippen LogP contribution in [0, 0.1) is 6.92 Å². The second kappa shape index (κ2) is 9.20. The number of H-pyrrole nitrogens is 1. The molecule has 178 valence electrons. The zero-order valence-corrected chi connectivity index (χ0v) is 18.7. The lowest BCUT2D eigenvalue weighted by atomic mass is 10.2. The highest BCUT2D eigenvalue weighted by molar-refractivity contribution is 6.04. The first-order valence-electron chi connectivity index (χ1n) is 10.8. The maximum atomic E-state index is 12.9. The number of carbonyl (C=O) groups is 1. The molecule has 0 fully saturated rings. The molecular formula is C24H24F3N5O2. The summed E-state index contributed by atoms with van der Waals surface area (Å²) in [5, 5.41) is 3.78. The van der Waals surface area contributed by atoms with E-state index < -0.39 is 11.7 Å². The summed E-state index contributed by atoms with van der Waals surface area (Å²) >= 11 is 0. The number of nitrogens with zero attached hydrogens (tertiary/aromatic N) is 3. The van der Waals surface area contributed by atoms with Gasteiger partial charge in [0.25, 0.3) is 5.56 Å². The molecule has 7 nitrogen and oxygen atoms in total. The molecule has 0 aliphatic carbocycles. The number of carbonyl (C=O) groups excluding carboxylic acids is 1. The SMILES string of the molecule is Cc1ccc2[nH]c3c(=O)n(CCC(=O)N(C)CCNc4cccc(C(F)(F)F)c4)cnc3c2c1. The predicted octanol–water partition coefficient (Wildman–Crippen LogP) is 4.17. The lowest BCUT2D eigenvalue weighted by molar-refractivity contribution is -0.137. The smallest absolute Gasteiger partial charge is 0.383 e. The monoisotopic (exact) mass is 471 g/mol. The summed E-state index contributed by atoms with van der Waals surface area (Å²) < 4.78 is 39.9. The van der Waals surface area contributed by atoms with Gasteiger partial charge < -0.3 is 15.2 Å². The van der Waals surface area contributed by atoms with Crippen LogP contribution in [0.4, 0.5) is 18.9 Å². The summed E-state index contributed by atoms with van der Waals surface area (Å²) in [6, 6.07) is 10.7. The molecule has 4 aromatic rings. The lowest BCUT2D eigenvalue weighted by Crippen LogP contribution is -2.33. The van der Waals surface area contributed by atoms with Crippen molar-refractivity contribution in [2.75, 3.05) is 25.5 Å². The molecule has 0 aliphatic rings. The highest BCUT2D eigenvalue weighted by atomic mass is 19.4. The first-order valence-corrected chi connectivity index (χ1v) is 10.8. The molecule has 1 amide bonds. The fourth-order valence-electron chi connectivity index (χ4n) is 3.77. The third-order valence-corrected chi connectivity index (χ3v) is 5.69. The summed E-state index contributed by atoms with van der Waals surface area (Å²) in [6.45, 7) is 2.71. The highest BCUT2D eigenvalue weighted by Gasteiger charge is 2.30. The first kappa shape index (κ1) is 23.3. The van der Waals surface area contributed by atoms with E-state index in [4.69, 9.17) is 0 Å². The minimum Gasteiger partial charge on any atom is -0.383 e. The normalized spacial score (nSPS) is 11.8. The van der Waals surface area contributed by atoms with Crippen molar-refractivity contribution in [1.82, 2.24) is 19.4 Å². The van der Waals surface area contributed by atoms with Crippen LogP contribution in [0.2, 0.25) is 0 Å². The van der Waals surface area contributed by atoms with Crippen LogP contribution < -0.4 is 10.9 Å². The predicted molar refractivity (Wildman–Crippen MR) is 125 cm³/mol. The molecule has 0 spiro atoms. The maximum absolute atomic E-state index is 12.9. The molecule has 0 saturated carbocycles. The number of alkyl halides is 3. The van der Waals surface area contributed by atoms with E-state index >= 15 is 0 Å². The number of halogens is 3. The van der Waals surface area contributed by atoms with E-state index in [1.54, 1.807) is 7.05 Å². The molecule has 0 atom stereocenters. The van der Waals surface area contributed by atoms with Crippen LogP contribution in [0.25, 0.3) is 21.9 Å². The molecule has 0 saturated heterocycles. The number of anilines is 1. The number of amides is 1. The fraction of sp³-hybridized carbons (Fsp3) is 0.292. The molecule has 0 aliphatic heterocycles. The van der Waals surface area contributed by atoms with E-state index in [-0.39, 0.29) is 31.0 Å². The van der Waals surface area contributed by atoms with Crippen molar-refractivity contribution in [1.29, 1.82) is 0 Å². The summed E-state index contributed by atoms with van der Waals surface area (Å²) in [5.74, 6) is -0.190. The maximum Gasteiger partial charge on any atom is 0.416 e. The standard InChI is InChI=1S/C24H24F3N5O2/c1-15-6-7-19-18(12-15)21-22(30-19)23(34)32(14-29-21)10-8-20(33)31(2)11-9-28-17-5-3-4-16(13-17)24(25,26)27/h3-7,12-14,28,30H,8-11H2,1-2H3. The Labute approximate surface area is 193 Å². The molecule has 2 heterocycles. The van der Waals surface area contributed by atoms with Gasteiger partial charge in [-0.2, -0.15) is 13.2 Å². The van der Waals surface area contributed by atoms with Crippen LogP contribution in [0.1, 0.15) is 17.5 Å². The lowest BCUT2D eigenvalue weighted by Gasteiger charge is -2.18. The average Bonchev–Trinajstić information content (AvgIpc) is 3.16.